The highest BCUT2D eigenvalue weighted by Gasteiger charge is 2.52. The van der Waals surface area contributed by atoms with Gasteiger partial charge in [0.1, 0.15) is 12.2 Å². The van der Waals surface area contributed by atoms with Crippen molar-refractivity contribution in [3.8, 4) is 0 Å². The standard InChI is InChI=1S/2C27H38O4/c2*1-16(12-21-13-17(2)26(30)31-21)22-9-10-23-20(6-5-11-27(22,23)4)8-7-19-14-24(28)18(3)25(29)15-19/h2*7-8,16,21-25,28-29H,2-3,5-6,9-15H2,1,4H3/b2*20-8+/t16-,21+,22-,23+,24-,25-,27-;16-,21-,22-,23+,24-,25-,27-/m11/s1. The van der Waals surface area contributed by atoms with Crippen molar-refractivity contribution in [2.45, 2.75) is 180 Å². The molecule has 340 valence electrons. The zero-order valence-electron chi connectivity index (χ0n) is 38.2. The summed E-state index contributed by atoms with van der Waals surface area (Å²) in [4.78, 5) is 23.4. The van der Waals surface area contributed by atoms with Crippen LogP contribution in [-0.4, -0.2) is 69.0 Å². The van der Waals surface area contributed by atoms with E-state index in [0.717, 1.165) is 36.8 Å². The molecule has 6 aliphatic carbocycles. The number of aliphatic hydroxyl groups is 4. The smallest absolute Gasteiger partial charge is 0.333 e. The van der Waals surface area contributed by atoms with Gasteiger partial charge in [-0.05, 0) is 160 Å². The molecule has 0 unspecified atom stereocenters. The van der Waals surface area contributed by atoms with Crippen molar-refractivity contribution in [1.29, 1.82) is 0 Å². The summed E-state index contributed by atoms with van der Waals surface area (Å²) in [7, 11) is 0. The largest absolute Gasteiger partial charge is 0.459 e. The molecule has 8 heteroatoms. The number of rotatable bonds is 8. The van der Waals surface area contributed by atoms with E-state index in [1.54, 1.807) is 0 Å². The number of carbonyl (C=O) groups excluding carboxylic acids is 2. The summed E-state index contributed by atoms with van der Waals surface area (Å²) >= 11 is 0. The van der Waals surface area contributed by atoms with Crippen LogP contribution in [0, 0.1) is 46.3 Å². The van der Waals surface area contributed by atoms with E-state index >= 15 is 0 Å². The average molecular weight is 853 g/mol. The molecule has 2 heterocycles. The number of carbonyl (C=O) groups is 2. The van der Waals surface area contributed by atoms with E-state index in [4.69, 9.17) is 9.47 Å². The van der Waals surface area contributed by atoms with Crippen LogP contribution < -0.4 is 0 Å². The molecule has 62 heavy (non-hydrogen) atoms. The average Bonchev–Trinajstić information content (AvgIpc) is 3.95. The molecule has 0 spiro atoms. The highest BCUT2D eigenvalue weighted by molar-refractivity contribution is 5.90. The summed E-state index contributed by atoms with van der Waals surface area (Å²) in [6.07, 6.45) is 24.0. The first kappa shape index (κ1) is 46.7. The maximum absolute atomic E-state index is 11.7. The molecule has 4 N–H and O–H groups in total. The van der Waals surface area contributed by atoms with E-state index in [-0.39, 0.29) is 24.1 Å². The number of aliphatic hydroxyl groups excluding tert-OH is 4. The Morgan fingerprint density at radius 3 is 1.26 bits per heavy atom. The van der Waals surface area contributed by atoms with Gasteiger partial charge in [0.05, 0.1) is 24.4 Å². The lowest BCUT2D eigenvalue weighted by Gasteiger charge is -2.44. The second-order valence-electron chi connectivity index (χ2n) is 21.5. The molecule has 6 saturated carbocycles. The van der Waals surface area contributed by atoms with Gasteiger partial charge in [-0.2, -0.15) is 0 Å². The summed E-state index contributed by atoms with van der Waals surface area (Å²) in [6, 6.07) is 0. The second-order valence-corrected chi connectivity index (χ2v) is 21.5. The van der Waals surface area contributed by atoms with Crippen molar-refractivity contribution in [1.82, 2.24) is 0 Å². The Morgan fingerprint density at radius 1 is 0.581 bits per heavy atom. The van der Waals surface area contributed by atoms with Crippen LogP contribution in [0.3, 0.4) is 0 Å². The second kappa shape index (κ2) is 19.0. The molecule has 0 bridgehead atoms. The number of cyclic esters (lactones) is 2. The first-order valence-corrected chi connectivity index (χ1v) is 24.0. The van der Waals surface area contributed by atoms with Gasteiger partial charge in [-0.15, -0.1) is 0 Å². The van der Waals surface area contributed by atoms with E-state index in [0.29, 0.717) is 107 Å². The van der Waals surface area contributed by atoms with Crippen molar-refractivity contribution in [2.24, 2.45) is 46.3 Å². The van der Waals surface area contributed by atoms with E-state index in [9.17, 15) is 30.0 Å². The minimum absolute atomic E-state index is 0.0000980. The molecular weight excluding hydrogens is 777 g/mol. The number of hydrogen-bond acceptors (Lipinski definition) is 8. The third kappa shape index (κ3) is 9.70. The normalized spacial score (nSPS) is 40.8. The molecule has 2 saturated heterocycles. The van der Waals surface area contributed by atoms with Crippen LogP contribution in [0.1, 0.15) is 143 Å². The molecule has 0 amide bonds. The number of fused-ring (bicyclic) bond motifs is 2. The lowest BCUT2D eigenvalue weighted by molar-refractivity contribution is -0.140. The van der Waals surface area contributed by atoms with E-state index in [2.05, 4.69) is 78.3 Å². The molecule has 0 radical (unpaired) electrons. The Morgan fingerprint density at radius 2 is 0.935 bits per heavy atom. The molecule has 8 fully saturated rings. The molecule has 8 rings (SSSR count). The van der Waals surface area contributed by atoms with Gasteiger partial charge in [0.15, 0.2) is 0 Å². The molecule has 2 aliphatic heterocycles. The number of ether oxygens (including phenoxy) is 2. The van der Waals surface area contributed by atoms with Gasteiger partial charge in [0.25, 0.3) is 0 Å². The maximum atomic E-state index is 11.7. The maximum Gasteiger partial charge on any atom is 0.333 e. The summed E-state index contributed by atoms with van der Waals surface area (Å²) in [5.41, 5.74) is 8.18. The Kier molecular flexibility index (Phi) is 14.3. The third-order valence-corrected chi connectivity index (χ3v) is 17.4. The van der Waals surface area contributed by atoms with E-state index in [1.165, 1.54) is 62.5 Å². The summed E-state index contributed by atoms with van der Waals surface area (Å²) in [5, 5.41) is 40.5. The molecule has 8 nitrogen and oxygen atoms in total. The number of allylic oxidation sites excluding steroid dienone is 6. The highest BCUT2D eigenvalue weighted by Crippen LogP contribution is 2.61. The lowest BCUT2D eigenvalue weighted by atomic mass is 9.60. The minimum Gasteiger partial charge on any atom is -0.459 e. The van der Waals surface area contributed by atoms with Crippen LogP contribution in [0.25, 0.3) is 0 Å². The van der Waals surface area contributed by atoms with Crippen molar-refractivity contribution in [3.63, 3.8) is 0 Å². The fraction of sp³-hybridized carbons (Fsp3) is 0.667. The van der Waals surface area contributed by atoms with Crippen LogP contribution in [0.5, 0.6) is 0 Å². The fourth-order valence-corrected chi connectivity index (χ4v) is 14.0. The van der Waals surface area contributed by atoms with Crippen LogP contribution in [0.15, 0.2) is 95.2 Å². The van der Waals surface area contributed by atoms with Gasteiger partial charge in [-0.25, -0.2) is 9.59 Å². The van der Waals surface area contributed by atoms with Crippen molar-refractivity contribution in [3.05, 3.63) is 95.2 Å². The van der Waals surface area contributed by atoms with Crippen LogP contribution in [-0.2, 0) is 19.1 Å². The van der Waals surface area contributed by atoms with E-state index < -0.39 is 24.4 Å². The Labute approximate surface area is 371 Å². The molecule has 0 aromatic rings. The number of hydrogen-bond donors (Lipinski definition) is 4. The molecule has 0 aromatic carbocycles. The Bertz CT molecular complexity index is 1710. The molecular formula is C54H76O8. The monoisotopic (exact) mass is 853 g/mol. The van der Waals surface area contributed by atoms with Gasteiger partial charge < -0.3 is 29.9 Å². The minimum atomic E-state index is -0.637. The predicted octanol–water partition coefficient (Wildman–Crippen LogP) is 10.1. The van der Waals surface area contributed by atoms with E-state index in [1.807, 2.05) is 0 Å². The summed E-state index contributed by atoms with van der Waals surface area (Å²) < 4.78 is 11.0. The van der Waals surface area contributed by atoms with Crippen molar-refractivity contribution in [2.75, 3.05) is 0 Å². The SMILES string of the molecule is C=C1C[C@@H](C[C@@H](C)[C@H]2CC[C@H]3/C(=C/C=C4C[C@@H](O)C(=C)[C@H](O)C4)CCC[C@]23C)OC1=O.C=C1C[C@H](C[C@@H](C)[C@H]2CC[C@H]3/C(=C/C=C4C[C@@H](O)C(=C)[C@H](O)C4)CCC[C@]23C)OC1=O. The first-order chi connectivity index (χ1) is 29.4. The first-order valence-electron chi connectivity index (χ1n) is 24.0. The molecule has 0 aromatic heterocycles. The summed E-state index contributed by atoms with van der Waals surface area (Å²) in [5.74, 6) is 3.08. The zero-order valence-corrected chi connectivity index (χ0v) is 38.2. The Hall–Kier alpha value is -3.30. The predicted molar refractivity (Wildman–Crippen MR) is 244 cm³/mol. The lowest BCUT2D eigenvalue weighted by Crippen LogP contribution is -2.36. The molecule has 14 atom stereocenters. The van der Waals surface area contributed by atoms with Gasteiger partial charge >= 0.3 is 11.9 Å². The van der Waals surface area contributed by atoms with Gasteiger partial charge in [0.2, 0.25) is 0 Å². The van der Waals surface area contributed by atoms with Gasteiger partial charge in [-0.1, -0.05) is 101 Å². The highest BCUT2D eigenvalue weighted by atomic mass is 16.6. The summed E-state index contributed by atoms with van der Waals surface area (Å²) in [6.45, 7) is 24.9. The zero-order chi connectivity index (χ0) is 44.7. The van der Waals surface area contributed by atoms with Crippen LogP contribution in [0.4, 0.5) is 0 Å². The topological polar surface area (TPSA) is 134 Å². The third-order valence-electron chi connectivity index (χ3n) is 17.4. The van der Waals surface area contributed by atoms with Crippen LogP contribution in [0.2, 0.25) is 0 Å². The molecule has 8 aliphatic rings. The Balaban J connectivity index is 0.000000186. The van der Waals surface area contributed by atoms with Crippen molar-refractivity contribution < 1.29 is 39.5 Å². The fourth-order valence-electron chi connectivity index (χ4n) is 14.0. The quantitative estimate of drug-likeness (QED) is 0.108. The van der Waals surface area contributed by atoms with Crippen LogP contribution >= 0.6 is 0 Å². The van der Waals surface area contributed by atoms with Gasteiger partial charge in [-0.3, -0.25) is 0 Å². The van der Waals surface area contributed by atoms with Crippen molar-refractivity contribution >= 4 is 11.9 Å². The number of esters is 2. The van der Waals surface area contributed by atoms with Gasteiger partial charge in [0, 0.05) is 24.0 Å².